The van der Waals surface area contributed by atoms with Gasteiger partial charge in [0.15, 0.2) is 11.6 Å². The van der Waals surface area contributed by atoms with E-state index < -0.39 is 11.6 Å². The Hall–Kier alpha value is -1.90. The molecular formula is C16H15F2N. The van der Waals surface area contributed by atoms with Gasteiger partial charge in [0.2, 0.25) is 0 Å². The number of anilines is 1. The summed E-state index contributed by atoms with van der Waals surface area (Å²) >= 11 is 0. The second-order valence-corrected chi connectivity index (χ2v) is 5.00. The number of halogens is 2. The van der Waals surface area contributed by atoms with Crippen LogP contribution >= 0.6 is 0 Å². The first-order chi connectivity index (χ1) is 9.24. The van der Waals surface area contributed by atoms with Crippen molar-refractivity contribution in [1.29, 1.82) is 0 Å². The van der Waals surface area contributed by atoms with Crippen molar-refractivity contribution in [3.63, 3.8) is 0 Å². The van der Waals surface area contributed by atoms with Crippen molar-refractivity contribution in [2.75, 3.05) is 5.32 Å². The Morgan fingerprint density at radius 1 is 0.947 bits per heavy atom. The van der Waals surface area contributed by atoms with Crippen LogP contribution in [-0.4, -0.2) is 0 Å². The van der Waals surface area contributed by atoms with E-state index in [9.17, 15) is 8.78 Å². The predicted octanol–water partition coefficient (Wildman–Crippen LogP) is 4.53. The molecule has 1 unspecified atom stereocenters. The van der Waals surface area contributed by atoms with E-state index in [-0.39, 0.29) is 6.04 Å². The minimum Gasteiger partial charge on any atom is -0.378 e. The lowest BCUT2D eigenvalue weighted by Crippen LogP contribution is -2.13. The summed E-state index contributed by atoms with van der Waals surface area (Å²) in [6.45, 7) is 0. The van der Waals surface area contributed by atoms with Crippen LogP contribution in [0.4, 0.5) is 14.5 Å². The SMILES string of the molecule is Fc1ccc(NC(c2ccccc2)C2CC2)cc1F. The van der Waals surface area contributed by atoms with Crippen LogP contribution in [0.5, 0.6) is 0 Å². The van der Waals surface area contributed by atoms with E-state index in [1.165, 1.54) is 24.5 Å². The molecule has 19 heavy (non-hydrogen) atoms. The van der Waals surface area contributed by atoms with Gasteiger partial charge in [-0.25, -0.2) is 8.78 Å². The lowest BCUT2D eigenvalue weighted by atomic mass is 10.0. The van der Waals surface area contributed by atoms with Crippen molar-refractivity contribution in [3.8, 4) is 0 Å². The van der Waals surface area contributed by atoms with Crippen molar-refractivity contribution < 1.29 is 8.78 Å². The van der Waals surface area contributed by atoms with Crippen molar-refractivity contribution in [2.24, 2.45) is 5.92 Å². The Bertz CT molecular complexity index is 564. The summed E-state index contributed by atoms with van der Waals surface area (Å²) in [5.41, 5.74) is 1.81. The zero-order valence-corrected chi connectivity index (χ0v) is 10.4. The summed E-state index contributed by atoms with van der Waals surface area (Å²) < 4.78 is 26.2. The molecule has 2 aromatic rings. The number of hydrogen-bond donors (Lipinski definition) is 1. The molecule has 2 aromatic carbocycles. The van der Waals surface area contributed by atoms with E-state index in [1.807, 2.05) is 18.2 Å². The van der Waals surface area contributed by atoms with Gasteiger partial charge < -0.3 is 5.32 Å². The normalized spacial score (nSPS) is 16.1. The van der Waals surface area contributed by atoms with Gasteiger partial charge in [0.05, 0.1) is 6.04 Å². The van der Waals surface area contributed by atoms with Gasteiger partial charge in [-0.15, -0.1) is 0 Å². The number of hydrogen-bond acceptors (Lipinski definition) is 1. The molecule has 1 N–H and O–H groups in total. The number of rotatable bonds is 4. The Kier molecular flexibility index (Phi) is 3.20. The van der Waals surface area contributed by atoms with Gasteiger partial charge in [0.25, 0.3) is 0 Å². The average molecular weight is 259 g/mol. The number of benzene rings is 2. The predicted molar refractivity (Wildman–Crippen MR) is 71.9 cm³/mol. The molecular weight excluding hydrogens is 244 g/mol. The van der Waals surface area contributed by atoms with Gasteiger partial charge in [0.1, 0.15) is 0 Å². The molecule has 1 atom stereocenters. The van der Waals surface area contributed by atoms with Gasteiger partial charge in [-0.05, 0) is 36.5 Å². The van der Waals surface area contributed by atoms with Gasteiger partial charge in [-0.1, -0.05) is 30.3 Å². The van der Waals surface area contributed by atoms with Gasteiger partial charge in [0, 0.05) is 11.8 Å². The molecule has 1 aliphatic rings. The summed E-state index contributed by atoms with van der Waals surface area (Å²) in [5, 5.41) is 3.32. The van der Waals surface area contributed by atoms with Crippen LogP contribution in [0, 0.1) is 17.6 Å². The van der Waals surface area contributed by atoms with Gasteiger partial charge in [-0.2, -0.15) is 0 Å². The van der Waals surface area contributed by atoms with E-state index in [0.717, 1.165) is 6.07 Å². The molecule has 3 heteroatoms. The molecule has 1 saturated carbocycles. The van der Waals surface area contributed by atoms with E-state index in [1.54, 1.807) is 6.07 Å². The van der Waals surface area contributed by atoms with Crippen LogP contribution in [0.2, 0.25) is 0 Å². The van der Waals surface area contributed by atoms with E-state index >= 15 is 0 Å². The fourth-order valence-corrected chi connectivity index (χ4v) is 2.33. The Balaban J connectivity index is 1.84. The maximum absolute atomic E-state index is 13.2. The summed E-state index contributed by atoms with van der Waals surface area (Å²) in [4.78, 5) is 0. The summed E-state index contributed by atoms with van der Waals surface area (Å²) in [5.74, 6) is -1.05. The highest BCUT2D eigenvalue weighted by Gasteiger charge is 2.32. The van der Waals surface area contributed by atoms with Crippen LogP contribution in [0.15, 0.2) is 48.5 Å². The molecule has 1 aliphatic carbocycles. The average Bonchev–Trinajstić information content (AvgIpc) is 3.25. The molecule has 0 saturated heterocycles. The summed E-state index contributed by atoms with van der Waals surface area (Å²) in [7, 11) is 0. The minimum atomic E-state index is -0.812. The first kappa shape index (κ1) is 12.2. The number of nitrogens with one attached hydrogen (secondary N) is 1. The largest absolute Gasteiger partial charge is 0.378 e. The molecule has 0 amide bonds. The van der Waals surface area contributed by atoms with Crippen LogP contribution in [0.25, 0.3) is 0 Å². The first-order valence-corrected chi connectivity index (χ1v) is 6.50. The topological polar surface area (TPSA) is 12.0 Å². The van der Waals surface area contributed by atoms with Crippen LogP contribution in [-0.2, 0) is 0 Å². The van der Waals surface area contributed by atoms with Crippen molar-refractivity contribution in [2.45, 2.75) is 18.9 Å². The lowest BCUT2D eigenvalue weighted by molar-refractivity contribution is 0.508. The quantitative estimate of drug-likeness (QED) is 0.850. The highest BCUT2D eigenvalue weighted by atomic mass is 19.2. The van der Waals surface area contributed by atoms with Gasteiger partial charge in [-0.3, -0.25) is 0 Å². The maximum Gasteiger partial charge on any atom is 0.160 e. The molecule has 3 rings (SSSR count). The molecule has 1 fully saturated rings. The zero-order valence-electron chi connectivity index (χ0n) is 10.4. The molecule has 0 spiro atoms. The lowest BCUT2D eigenvalue weighted by Gasteiger charge is -2.20. The third-order valence-corrected chi connectivity index (χ3v) is 3.49. The highest BCUT2D eigenvalue weighted by Crippen LogP contribution is 2.42. The van der Waals surface area contributed by atoms with E-state index in [0.29, 0.717) is 11.6 Å². The Labute approximate surface area is 111 Å². The zero-order chi connectivity index (χ0) is 13.2. The van der Waals surface area contributed by atoms with Crippen LogP contribution in [0.3, 0.4) is 0 Å². The van der Waals surface area contributed by atoms with Crippen LogP contribution in [0.1, 0.15) is 24.4 Å². The Morgan fingerprint density at radius 2 is 1.68 bits per heavy atom. The molecule has 0 aliphatic heterocycles. The molecule has 0 bridgehead atoms. The van der Waals surface area contributed by atoms with E-state index in [4.69, 9.17) is 0 Å². The Morgan fingerprint density at radius 3 is 2.32 bits per heavy atom. The minimum absolute atomic E-state index is 0.172. The van der Waals surface area contributed by atoms with Gasteiger partial charge >= 0.3 is 0 Å². The fourth-order valence-electron chi connectivity index (χ4n) is 2.33. The summed E-state index contributed by atoms with van der Waals surface area (Å²) in [6, 6.07) is 14.2. The van der Waals surface area contributed by atoms with Crippen LogP contribution < -0.4 is 5.32 Å². The standard InChI is InChI=1S/C16H15F2N/c17-14-9-8-13(10-15(14)18)19-16(12-6-7-12)11-4-2-1-3-5-11/h1-5,8-10,12,16,19H,6-7H2. The highest BCUT2D eigenvalue weighted by molar-refractivity contribution is 5.46. The summed E-state index contributed by atoms with van der Waals surface area (Å²) in [6.07, 6.45) is 2.35. The first-order valence-electron chi connectivity index (χ1n) is 6.50. The third kappa shape index (κ3) is 2.75. The second kappa shape index (κ2) is 5.00. The fraction of sp³-hybridized carbons (Fsp3) is 0.250. The second-order valence-electron chi connectivity index (χ2n) is 5.00. The van der Waals surface area contributed by atoms with Crippen molar-refractivity contribution >= 4 is 5.69 Å². The molecule has 0 aromatic heterocycles. The monoisotopic (exact) mass is 259 g/mol. The van der Waals surface area contributed by atoms with Crippen molar-refractivity contribution in [3.05, 3.63) is 65.7 Å². The third-order valence-electron chi connectivity index (χ3n) is 3.49. The van der Waals surface area contributed by atoms with E-state index in [2.05, 4.69) is 17.4 Å². The molecule has 98 valence electrons. The van der Waals surface area contributed by atoms with Crippen molar-refractivity contribution in [1.82, 2.24) is 0 Å². The smallest absolute Gasteiger partial charge is 0.160 e. The molecule has 1 nitrogen and oxygen atoms in total. The maximum atomic E-state index is 13.2. The molecule has 0 heterocycles. The molecule has 0 radical (unpaired) electrons.